The molecule has 2 rings (SSSR count). The normalized spacial score (nSPS) is 53.5. The predicted molar refractivity (Wildman–Crippen MR) is 45.2 cm³/mol. The van der Waals surface area contributed by atoms with E-state index in [9.17, 15) is 5.11 Å². The van der Waals surface area contributed by atoms with Gasteiger partial charge in [0.25, 0.3) is 0 Å². The Bertz CT molecular complexity index is 185. The lowest BCUT2D eigenvalue weighted by atomic mass is 9.70. The van der Waals surface area contributed by atoms with Crippen molar-refractivity contribution >= 4 is 0 Å². The standard InChI is InChI=1S/C10H18O/c1-9(2)7-4-5-10(9,3)8(11)6-7/h7-8,11H,4-6H2,1-3H3/t7-,8-,10?/m1/s1. The summed E-state index contributed by atoms with van der Waals surface area (Å²) in [6.45, 7) is 6.90. The number of fused-ring (bicyclic) bond motifs is 2. The first-order valence-electron chi connectivity index (χ1n) is 4.66. The molecule has 0 aromatic heterocycles. The summed E-state index contributed by atoms with van der Waals surface area (Å²) >= 11 is 0. The van der Waals surface area contributed by atoms with Crippen molar-refractivity contribution in [2.45, 2.75) is 46.1 Å². The molecule has 2 aliphatic carbocycles. The lowest BCUT2D eigenvalue weighted by Crippen LogP contribution is -2.35. The molecule has 1 nitrogen and oxygen atoms in total. The monoisotopic (exact) mass is 154 g/mol. The second-order valence-electron chi connectivity index (χ2n) is 5.13. The highest BCUT2D eigenvalue weighted by molar-refractivity contribution is 5.10. The van der Waals surface area contributed by atoms with Crippen molar-refractivity contribution in [3.05, 3.63) is 0 Å². The van der Waals surface area contributed by atoms with Crippen molar-refractivity contribution in [2.24, 2.45) is 16.7 Å². The Morgan fingerprint density at radius 2 is 1.91 bits per heavy atom. The molecular weight excluding hydrogens is 136 g/mol. The van der Waals surface area contributed by atoms with Gasteiger partial charge >= 0.3 is 0 Å². The summed E-state index contributed by atoms with van der Waals surface area (Å²) in [5, 5.41) is 9.81. The number of aliphatic hydroxyl groups excluding tert-OH is 1. The van der Waals surface area contributed by atoms with E-state index in [4.69, 9.17) is 0 Å². The van der Waals surface area contributed by atoms with E-state index in [1.807, 2.05) is 0 Å². The van der Waals surface area contributed by atoms with Gasteiger partial charge in [-0.2, -0.15) is 0 Å². The van der Waals surface area contributed by atoms with E-state index in [0.717, 1.165) is 12.3 Å². The average Bonchev–Trinajstić information content (AvgIpc) is 2.20. The van der Waals surface area contributed by atoms with E-state index in [1.165, 1.54) is 12.8 Å². The Morgan fingerprint density at radius 1 is 1.27 bits per heavy atom. The molecule has 2 aliphatic rings. The molecule has 0 amide bonds. The molecule has 0 aromatic rings. The van der Waals surface area contributed by atoms with Crippen molar-refractivity contribution < 1.29 is 5.11 Å². The minimum atomic E-state index is -0.0313. The van der Waals surface area contributed by atoms with E-state index < -0.39 is 0 Å². The van der Waals surface area contributed by atoms with Crippen LogP contribution in [0.4, 0.5) is 0 Å². The van der Waals surface area contributed by atoms with Crippen LogP contribution in [0, 0.1) is 16.7 Å². The maximum Gasteiger partial charge on any atom is 0.0601 e. The zero-order valence-electron chi connectivity index (χ0n) is 7.72. The summed E-state index contributed by atoms with van der Waals surface area (Å²) in [5.41, 5.74) is 0.601. The molecule has 0 aromatic carbocycles. The van der Waals surface area contributed by atoms with Crippen LogP contribution in [0.3, 0.4) is 0 Å². The molecule has 11 heavy (non-hydrogen) atoms. The molecule has 2 saturated carbocycles. The zero-order valence-corrected chi connectivity index (χ0v) is 7.72. The van der Waals surface area contributed by atoms with Crippen LogP contribution >= 0.6 is 0 Å². The molecule has 1 heteroatoms. The first-order valence-corrected chi connectivity index (χ1v) is 4.66. The van der Waals surface area contributed by atoms with E-state index >= 15 is 0 Å². The van der Waals surface area contributed by atoms with Gasteiger partial charge in [0.05, 0.1) is 6.10 Å². The Morgan fingerprint density at radius 3 is 2.09 bits per heavy atom. The Balaban J connectivity index is 2.40. The van der Waals surface area contributed by atoms with Gasteiger partial charge in [-0.15, -0.1) is 0 Å². The summed E-state index contributed by atoms with van der Waals surface area (Å²) in [5.74, 6) is 0.780. The minimum Gasteiger partial charge on any atom is -0.393 e. The summed E-state index contributed by atoms with van der Waals surface area (Å²) in [6, 6.07) is 0. The lowest BCUT2D eigenvalue weighted by Gasteiger charge is -2.36. The molecule has 2 fully saturated rings. The van der Waals surface area contributed by atoms with Crippen molar-refractivity contribution in [2.75, 3.05) is 0 Å². The van der Waals surface area contributed by atoms with Crippen molar-refractivity contribution in [1.29, 1.82) is 0 Å². The van der Waals surface area contributed by atoms with Crippen LogP contribution in [0.1, 0.15) is 40.0 Å². The molecule has 0 radical (unpaired) electrons. The van der Waals surface area contributed by atoms with Crippen LogP contribution in [0.25, 0.3) is 0 Å². The highest BCUT2D eigenvalue weighted by Crippen LogP contribution is 2.65. The summed E-state index contributed by atoms with van der Waals surface area (Å²) < 4.78 is 0. The Kier molecular flexibility index (Phi) is 1.26. The Labute approximate surface area is 68.8 Å². The van der Waals surface area contributed by atoms with Crippen molar-refractivity contribution in [3.63, 3.8) is 0 Å². The van der Waals surface area contributed by atoms with Crippen LogP contribution in [0.2, 0.25) is 0 Å². The van der Waals surface area contributed by atoms with E-state index in [2.05, 4.69) is 20.8 Å². The highest BCUT2D eigenvalue weighted by Gasteiger charge is 2.60. The van der Waals surface area contributed by atoms with E-state index in [1.54, 1.807) is 0 Å². The van der Waals surface area contributed by atoms with Crippen LogP contribution in [0.5, 0.6) is 0 Å². The smallest absolute Gasteiger partial charge is 0.0601 e. The molecule has 1 unspecified atom stereocenters. The first-order chi connectivity index (χ1) is 4.98. The quantitative estimate of drug-likeness (QED) is 0.567. The van der Waals surface area contributed by atoms with E-state index in [0.29, 0.717) is 5.41 Å². The fourth-order valence-electron chi connectivity index (χ4n) is 3.16. The minimum absolute atomic E-state index is 0.0313. The largest absolute Gasteiger partial charge is 0.393 e. The lowest BCUT2D eigenvalue weighted by molar-refractivity contribution is 0.0126. The second-order valence-corrected chi connectivity index (χ2v) is 5.13. The first kappa shape index (κ1) is 7.60. The van der Waals surface area contributed by atoms with Gasteiger partial charge in [0, 0.05) is 0 Å². The second kappa shape index (κ2) is 1.82. The molecule has 64 valence electrons. The topological polar surface area (TPSA) is 20.2 Å². The van der Waals surface area contributed by atoms with Crippen LogP contribution in [-0.2, 0) is 0 Å². The van der Waals surface area contributed by atoms with Gasteiger partial charge in [-0.25, -0.2) is 0 Å². The summed E-state index contributed by atoms with van der Waals surface area (Å²) in [7, 11) is 0. The highest BCUT2D eigenvalue weighted by atomic mass is 16.3. The van der Waals surface area contributed by atoms with Gasteiger partial charge < -0.3 is 5.11 Å². The summed E-state index contributed by atoms with van der Waals surface area (Å²) in [4.78, 5) is 0. The number of hydrogen-bond acceptors (Lipinski definition) is 1. The zero-order chi connectivity index (χ0) is 8.28. The van der Waals surface area contributed by atoms with Gasteiger partial charge in [-0.3, -0.25) is 0 Å². The average molecular weight is 154 g/mol. The molecule has 0 saturated heterocycles. The molecule has 0 aliphatic heterocycles. The van der Waals surface area contributed by atoms with Gasteiger partial charge in [0.2, 0.25) is 0 Å². The SMILES string of the molecule is CC1(C)[C@@H]2CCC1(C)[C@H](O)C2. The fraction of sp³-hybridized carbons (Fsp3) is 1.00. The van der Waals surface area contributed by atoms with Gasteiger partial charge in [-0.05, 0) is 36.0 Å². The Hall–Kier alpha value is -0.0400. The molecule has 0 spiro atoms. The van der Waals surface area contributed by atoms with Crippen molar-refractivity contribution in [1.82, 2.24) is 0 Å². The van der Waals surface area contributed by atoms with E-state index in [-0.39, 0.29) is 11.5 Å². The molecule has 3 atom stereocenters. The van der Waals surface area contributed by atoms with Crippen LogP contribution in [-0.4, -0.2) is 11.2 Å². The summed E-state index contributed by atoms with van der Waals surface area (Å²) in [6.07, 6.45) is 3.58. The third kappa shape index (κ3) is 0.658. The number of hydrogen-bond donors (Lipinski definition) is 1. The van der Waals surface area contributed by atoms with Crippen LogP contribution in [0.15, 0.2) is 0 Å². The maximum atomic E-state index is 9.81. The van der Waals surface area contributed by atoms with Gasteiger partial charge in [0.1, 0.15) is 0 Å². The maximum absolute atomic E-state index is 9.81. The molecule has 2 bridgehead atoms. The third-order valence-electron chi connectivity index (χ3n) is 4.75. The molecular formula is C10H18O. The molecule has 0 heterocycles. The number of rotatable bonds is 0. The fourth-order valence-corrected chi connectivity index (χ4v) is 3.16. The van der Waals surface area contributed by atoms with Gasteiger partial charge in [0.15, 0.2) is 0 Å². The predicted octanol–water partition coefficient (Wildman–Crippen LogP) is 2.19. The van der Waals surface area contributed by atoms with Crippen LogP contribution < -0.4 is 0 Å². The molecule has 1 N–H and O–H groups in total. The third-order valence-corrected chi connectivity index (χ3v) is 4.75. The van der Waals surface area contributed by atoms with Gasteiger partial charge in [-0.1, -0.05) is 20.8 Å². The van der Waals surface area contributed by atoms with Crippen molar-refractivity contribution in [3.8, 4) is 0 Å². The number of aliphatic hydroxyl groups is 1.